The normalized spacial score (nSPS) is 16.2. The predicted octanol–water partition coefficient (Wildman–Crippen LogP) is 1.47. The van der Waals surface area contributed by atoms with E-state index >= 15 is 0 Å². The zero-order valence-electron chi connectivity index (χ0n) is 10.1. The van der Waals surface area contributed by atoms with Crippen LogP contribution in [0.15, 0.2) is 0 Å². The van der Waals surface area contributed by atoms with Gasteiger partial charge in [0.1, 0.15) is 0 Å². The summed E-state index contributed by atoms with van der Waals surface area (Å²) < 4.78 is 5.59. The van der Waals surface area contributed by atoms with Crippen molar-refractivity contribution in [1.82, 2.24) is 4.90 Å². The Kier molecular flexibility index (Phi) is 6.98. The van der Waals surface area contributed by atoms with E-state index in [1.165, 1.54) is 32.2 Å². The smallest absolute Gasteiger partial charge is 0.0593 e. The van der Waals surface area contributed by atoms with Crippen molar-refractivity contribution in [3.8, 4) is 0 Å². The first-order valence-electron chi connectivity index (χ1n) is 6.29. The van der Waals surface area contributed by atoms with Gasteiger partial charge in [-0.25, -0.2) is 0 Å². The van der Waals surface area contributed by atoms with Crippen molar-refractivity contribution in [3.63, 3.8) is 0 Å². The molecule has 2 N–H and O–H groups in total. The highest BCUT2D eigenvalue weighted by Gasteiger charge is 2.20. The average Bonchev–Trinajstić information content (AvgIpc) is 3.03. The van der Waals surface area contributed by atoms with E-state index in [0.717, 1.165) is 38.6 Å². The maximum Gasteiger partial charge on any atom is 0.0593 e. The summed E-state index contributed by atoms with van der Waals surface area (Å²) in [5.41, 5.74) is 5.44. The van der Waals surface area contributed by atoms with E-state index in [2.05, 4.69) is 11.9 Å². The Balaban J connectivity index is 1.77. The molecule has 15 heavy (non-hydrogen) atoms. The molecule has 0 atom stereocenters. The minimum absolute atomic E-state index is 0.828. The predicted molar refractivity (Wildman–Crippen MR) is 63.9 cm³/mol. The SMILES string of the molecule is CN(CCCCCN)CCOCC1CC1. The quantitative estimate of drug-likeness (QED) is 0.560. The van der Waals surface area contributed by atoms with Gasteiger partial charge < -0.3 is 15.4 Å². The van der Waals surface area contributed by atoms with Gasteiger partial charge in [-0.3, -0.25) is 0 Å². The summed E-state index contributed by atoms with van der Waals surface area (Å²) in [5.74, 6) is 0.889. The highest BCUT2D eigenvalue weighted by molar-refractivity contribution is 4.71. The maximum atomic E-state index is 5.59. The molecule has 90 valence electrons. The van der Waals surface area contributed by atoms with Crippen LogP contribution in [0.5, 0.6) is 0 Å². The lowest BCUT2D eigenvalue weighted by Crippen LogP contribution is -2.24. The number of nitrogens with zero attached hydrogens (tertiary/aromatic N) is 1. The van der Waals surface area contributed by atoms with Crippen LogP contribution in [0.2, 0.25) is 0 Å². The van der Waals surface area contributed by atoms with Crippen LogP contribution in [0.3, 0.4) is 0 Å². The molecule has 1 saturated carbocycles. The third-order valence-electron chi connectivity index (χ3n) is 2.91. The summed E-state index contributed by atoms with van der Waals surface area (Å²) in [7, 11) is 2.17. The third-order valence-corrected chi connectivity index (χ3v) is 2.91. The summed E-state index contributed by atoms with van der Waals surface area (Å²) in [5, 5.41) is 0. The van der Waals surface area contributed by atoms with Crippen LogP contribution in [-0.4, -0.2) is 44.8 Å². The first-order chi connectivity index (χ1) is 7.33. The van der Waals surface area contributed by atoms with Crippen molar-refractivity contribution in [2.24, 2.45) is 11.7 Å². The number of unbranched alkanes of at least 4 members (excludes halogenated alkanes) is 2. The van der Waals surface area contributed by atoms with Crippen molar-refractivity contribution in [2.75, 3.05) is 39.9 Å². The van der Waals surface area contributed by atoms with Gasteiger partial charge in [0.05, 0.1) is 6.61 Å². The summed E-state index contributed by atoms with van der Waals surface area (Å²) in [6, 6.07) is 0. The molecule has 1 rings (SSSR count). The van der Waals surface area contributed by atoms with Crippen LogP contribution in [0.1, 0.15) is 32.1 Å². The largest absolute Gasteiger partial charge is 0.380 e. The Hall–Kier alpha value is -0.120. The molecule has 0 saturated heterocycles. The molecule has 0 spiro atoms. The molecule has 1 fully saturated rings. The summed E-state index contributed by atoms with van der Waals surface area (Å²) in [6.07, 6.45) is 6.44. The van der Waals surface area contributed by atoms with Gasteiger partial charge in [-0.1, -0.05) is 6.42 Å². The minimum Gasteiger partial charge on any atom is -0.380 e. The fraction of sp³-hybridized carbons (Fsp3) is 1.00. The maximum absolute atomic E-state index is 5.59. The Morgan fingerprint density at radius 1 is 1.20 bits per heavy atom. The van der Waals surface area contributed by atoms with E-state index in [1.807, 2.05) is 0 Å². The Bertz CT molecular complexity index is 149. The topological polar surface area (TPSA) is 38.5 Å². The lowest BCUT2D eigenvalue weighted by molar-refractivity contribution is 0.103. The standard InChI is InChI=1S/C12H26N2O/c1-14(8-4-2-3-7-13)9-10-15-11-12-5-6-12/h12H,2-11,13H2,1H3. The highest BCUT2D eigenvalue weighted by Crippen LogP contribution is 2.28. The number of rotatable bonds is 10. The summed E-state index contributed by atoms with van der Waals surface area (Å²) in [4.78, 5) is 2.35. The third kappa shape index (κ3) is 7.77. The molecule has 0 unspecified atom stereocenters. The highest BCUT2D eigenvalue weighted by atomic mass is 16.5. The zero-order chi connectivity index (χ0) is 10.9. The summed E-state index contributed by atoms with van der Waals surface area (Å²) in [6.45, 7) is 4.95. The van der Waals surface area contributed by atoms with Gasteiger partial charge in [0.25, 0.3) is 0 Å². The average molecular weight is 214 g/mol. The molecule has 0 bridgehead atoms. The summed E-state index contributed by atoms with van der Waals surface area (Å²) >= 11 is 0. The molecule has 1 aliphatic rings. The Labute approximate surface area is 94.0 Å². The first-order valence-corrected chi connectivity index (χ1v) is 6.29. The molecule has 3 heteroatoms. The fourth-order valence-electron chi connectivity index (χ4n) is 1.57. The van der Waals surface area contributed by atoms with E-state index in [1.54, 1.807) is 0 Å². The van der Waals surface area contributed by atoms with Crippen molar-refractivity contribution < 1.29 is 4.74 Å². The molecule has 0 aliphatic heterocycles. The van der Waals surface area contributed by atoms with Crippen LogP contribution in [0, 0.1) is 5.92 Å². The lowest BCUT2D eigenvalue weighted by atomic mass is 10.2. The number of likely N-dealkylation sites (N-methyl/N-ethyl adjacent to an activating group) is 1. The van der Waals surface area contributed by atoms with Gasteiger partial charge in [0.2, 0.25) is 0 Å². The fourth-order valence-corrected chi connectivity index (χ4v) is 1.57. The van der Waals surface area contributed by atoms with Gasteiger partial charge in [-0.05, 0) is 51.7 Å². The van der Waals surface area contributed by atoms with Gasteiger partial charge in [-0.2, -0.15) is 0 Å². The minimum atomic E-state index is 0.828. The Morgan fingerprint density at radius 2 is 2.00 bits per heavy atom. The van der Waals surface area contributed by atoms with E-state index in [0.29, 0.717) is 0 Å². The Morgan fingerprint density at radius 3 is 2.67 bits per heavy atom. The van der Waals surface area contributed by atoms with E-state index in [9.17, 15) is 0 Å². The van der Waals surface area contributed by atoms with Gasteiger partial charge in [0, 0.05) is 13.2 Å². The number of ether oxygens (including phenoxy) is 1. The zero-order valence-corrected chi connectivity index (χ0v) is 10.1. The van der Waals surface area contributed by atoms with Crippen molar-refractivity contribution in [2.45, 2.75) is 32.1 Å². The number of hydrogen-bond donors (Lipinski definition) is 1. The molecule has 1 aliphatic carbocycles. The van der Waals surface area contributed by atoms with E-state index < -0.39 is 0 Å². The number of hydrogen-bond acceptors (Lipinski definition) is 3. The number of nitrogens with two attached hydrogens (primary N) is 1. The second-order valence-corrected chi connectivity index (χ2v) is 4.67. The molecule has 0 radical (unpaired) electrons. The van der Waals surface area contributed by atoms with Crippen molar-refractivity contribution >= 4 is 0 Å². The van der Waals surface area contributed by atoms with Crippen LogP contribution < -0.4 is 5.73 Å². The van der Waals surface area contributed by atoms with E-state index in [-0.39, 0.29) is 0 Å². The van der Waals surface area contributed by atoms with Crippen molar-refractivity contribution in [3.05, 3.63) is 0 Å². The molecule has 0 aromatic rings. The second kappa shape index (κ2) is 8.08. The van der Waals surface area contributed by atoms with Gasteiger partial charge in [0.15, 0.2) is 0 Å². The van der Waals surface area contributed by atoms with Crippen molar-refractivity contribution in [1.29, 1.82) is 0 Å². The van der Waals surface area contributed by atoms with Crippen LogP contribution >= 0.6 is 0 Å². The monoisotopic (exact) mass is 214 g/mol. The van der Waals surface area contributed by atoms with E-state index in [4.69, 9.17) is 10.5 Å². The molecule has 0 heterocycles. The molecule has 0 aromatic heterocycles. The van der Waals surface area contributed by atoms with Gasteiger partial charge >= 0.3 is 0 Å². The van der Waals surface area contributed by atoms with Gasteiger partial charge in [-0.15, -0.1) is 0 Å². The molecule has 0 amide bonds. The molecule has 0 aromatic carbocycles. The molecular formula is C12H26N2O. The lowest BCUT2D eigenvalue weighted by Gasteiger charge is -2.16. The molecular weight excluding hydrogens is 188 g/mol. The van der Waals surface area contributed by atoms with Crippen LogP contribution in [-0.2, 0) is 4.74 Å². The molecule has 3 nitrogen and oxygen atoms in total. The van der Waals surface area contributed by atoms with Crippen LogP contribution in [0.25, 0.3) is 0 Å². The second-order valence-electron chi connectivity index (χ2n) is 4.67. The van der Waals surface area contributed by atoms with Crippen LogP contribution in [0.4, 0.5) is 0 Å². The first kappa shape index (κ1) is 12.9.